The molecule has 0 unspecified atom stereocenters. The van der Waals surface area contributed by atoms with Crippen LogP contribution < -0.4 is 9.80 Å². The van der Waals surface area contributed by atoms with E-state index in [0.717, 1.165) is 42.8 Å². The van der Waals surface area contributed by atoms with Crippen LogP contribution in [-0.2, 0) is 7.05 Å². The van der Waals surface area contributed by atoms with Gasteiger partial charge in [-0.15, -0.1) is 0 Å². The van der Waals surface area contributed by atoms with E-state index in [1.165, 1.54) is 10.3 Å². The van der Waals surface area contributed by atoms with Crippen molar-refractivity contribution in [2.75, 3.05) is 36.0 Å². The number of nitrogens with zero attached hydrogens (tertiary/aromatic N) is 5. The summed E-state index contributed by atoms with van der Waals surface area (Å²) in [5, 5.41) is 1.14. The number of piperazine rings is 1. The molecule has 1 saturated heterocycles. The second-order valence-corrected chi connectivity index (χ2v) is 6.74. The van der Waals surface area contributed by atoms with Crippen LogP contribution in [0.25, 0.3) is 10.2 Å². The first-order valence-corrected chi connectivity index (χ1v) is 8.37. The second kappa shape index (κ2) is 5.28. The van der Waals surface area contributed by atoms with Crippen LogP contribution >= 0.6 is 11.3 Å². The first-order chi connectivity index (χ1) is 10.7. The van der Waals surface area contributed by atoms with Gasteiger partial charge in [0.25, 0.3) is 0 Å². The third kappa shape index (κ3) is 2.23. The van der Waals surface area contributed by atoms with Gasteiger partial charge in [-0.25, -0.2) is 9.97 Å². The summed E-state index contributed by atoms with van der Waals surface area (Å²) in [4.78, 5) is 14.0. The number of imidazole rings is 1. The number of aromatic nitrogens is 3. The minimum absolute atomic E-state index is 0.986. The molecule has 1 fully saturated rings. The van der Waals surface area contributed by atoms with Crippen molar-refractivity contribution in [1.29, 1.82) is 0 Å². The Bertz CT molecular complexity index is 798. The summed E-state index contributed by atoms with van der Waals surface area (Å²) in [5.74, 6) is 1.06. The molecule has 0 N–H and O–H groups in total. The molecule has 1 aromatic carbocycles. The molecule has 3 heterocycles. The topological polar surface area (TPSA) is 37.2 Å². The summed E-state index contributed by atoms with van der Waals surface area (Å²) in [6.45, 7) is 6.09. The van der Waals surface area contributed by atoms with Gasteiger partial charge in [0, 0.05) is 45.6 Å². The molecule has 0 aliphatic carbocycles. The van der Waals surface area contributed by atoms with E-state index in [1.54, 1.807) is 11.3 Å². The lowest BCUT2D eigenvalue weighted by Gasteiger charge is -2.35. The molecule has 3 aromatic rings. The fourth-order valence-corrected chi connectivity index (χ4v) is 4.07. The van der Waals surface area contributed by atoms with Gasteiger partial charge in [-0.3, -0.25) is 0 Å². The molecule has 0 bridgehead atoms. The van der Waals surface area contributed by atoms with Crippen LogP contribution in [0.15, 0.2) is 30.6 Å². The molecule has 0 radical (unpaired) electrons. The Labute approximate surface area is 133 Å². The summed E-state index contributed by atoms with van der Waals surface area (Å²) in [7, 11) is 2.05. The molecule has 2 aromatic heterocycles. The summed E-state index contributed by atoms with van der Waals surface area (Å²) >= 11 is 1.80. The highest BCUT2D eigenvalue weighted by Crippen LogP contribution is 2.31. The van der Waals surface area contributed by atoms with Gasteiger partial charge in [-0.05, 0) is 18.6 Å². The predicted octanol–water partition coefficient (Wildman–Crippen LogP) is 2.66. The van der Waals surface area contributed by atoms with Gasteiger partial charge >= 0.3 is 0 Å². The Kier molecular flexibility index (Phi) is 3.26. The zero-order valence-electron chi connectivity index (χ0n) is 12.9. The van der Waals surface area contributed by atoms with Crippen molar-refractivity contribution in [3.8, 4) is 0 Å². The van der Waals surface area contributed by atoms with E-state index < -0.39 is 0 Å². The van der Waals surface area contributed by atoms with Crippen molar-refractivity contribution < 1.29 is 0 Å². The van der Waals surface area contributed by atoms with Gasteiger partial charge in [-0.2, -0.15) is 0 Å². The minimum Gasteiger partial charge on any atom is -0.345 e. The van der Waals surface area contributed by atoms with Crippen LogP contribution in [-0.4, -0.2) is 40.7 Å². The molecule has 114 valence electrons. The highest BCUT2D eigenvalue weighted by atomic mass is 32.1. The number of aryl methyl sites for hydroxylation is 2. The van der Waals surface area contributed by atoms with E-state index in [2.05, 4.69) is 44.5 Å². The number of fused-ring (bicyclic) bond motifs is 1. The molecule has 1 aliphatic heterocycles. The van der Waals surface area contributed by atoms with Gasteiger partial charge in [0.2, 0.25) is 5.95 Å². The van der Waals surface area contributed by atoms with E-state index in [4.69, 9.17) is 4.98 Å². The first-order valence-electron chi connectivity index (χ1n) is 7.56. The molecule has 0 amide bonds. The summed E-state index contributed by atoms with van der Waals surface area (Å²) in [6.07, 6.45) is 3.86. The SMILES string of the molecule is Cc1cccc2sc(N3CCN(c4nccn4C)CC3)nc12. The normalized spacial score (nSPS) is 15.7. The summed E-state index contributed by atoms with van der Waals surface area (Å²) in [6, 6.07) is 6.40. The van der Waals surface area contributed by atoms with Gasteiger partial charge < -0.3 is 14.4 Å². The largest absolute Gasteiger partial charge is 0.345 e. The maximum Gasteiger partial charge on any atom is 0.205 e. The third-order valence-corrected chi connectivity index (χ3v) is 5.32. The Morgan fingerprint density at radius 3 is 2.55 bits per heavy atom. The fourth-order valence-electron chi connectivity index (χ4n) is 2.97. The number of rotatable bonds is 2. The average Bonchev–Trinajstić information content (AvgIpc) is 3.14. The van der Waals surface area contributed by atoms with Gasteiger partial charge in [0.05, 0.1) is 10.2 Å². The highest BCUT2D eigenvalue weighted by molar-refractivity contribution is 7.22. The number of hydrogen-bond donors (Lipinski definition) is 0. The zero-order valence-corrected chi connectivity index (χ0v) is 13.7. The molecular formula is C16H19N5S. The van der Waals surface area contributed by atoms with Crippen molar-refractivity contribution >= 4 is 32.6 Å². The predicted molar refractivity (Wildman–Crippen MR) is 92.0 cm³/mol. The minimum atomic E-state index is 0.986. The van der Waals surface area contributed by atoms with Crippen molar-refractivity contribution in [2.45, 2.75) is 6.92 Å². The average molecular weight is 313 g/mol. The van der Waals surface area contributed by atoms with Crippen molar-refractivity contribution in [1.82, 2.24) is 14.5 Å². The lowest BCUT2D eigenvalue weighted by molar-refractivity contribution is 0.629. The lowest BCUT2D eigenvalue weighted by atomic mass is 10.2. The molecule has 0 atom stereocenters. The molecule has 22 heavy (non-hydrogen) atoms. The number of para-hydroxylation sites is 1. The Balaban J connectivity index is 1.53. The van der Waals surface area contributed by atoms with E-state index in [1.807, 2.05) is 19.4 Å². The van der Waals surface area contributed by atoms with Crippen LogP contribution in [0.2, 0.25) is 0 Å². The first kappa shape index (κ1) is 13.6. The van der Waals surface area contributed by atoms with E-state index in [-0.39, 0.29) is 0 Å². The molecule has 1 aliphatic rings. The van der Waals surface area contributed by atoms with Crippen LogP contribution in [0.5, 0.6) is 0 Å². The molecular weight excluding hydrogens is 294 g/mol. The summed E-state index contributed by atoms with van der Waals surface area (Å²) < 4.78 is 3.36. The fraction of sp³-hybridized carbons (Fsp3) is 0.375. The second-order valence-electron chi connectivity index (χ2n) is 5.73. The van der Waals surface area contributed by atoms with Crippen molar-refractivity contribution in [3.63, 3.8) is 0 Å². The standard InChI is InChI=1S/C16H19N5S/c1-12-4-3-5-13-14(12)18-16(22-13)21-10-8-20(9-11-21)15-17-6-7-19(15)2/h3-7H,8-11H2,1-2H3. The smallest absolute Gasteiger partial charge is 0.205 e. The molecule has 0 saturated carbocycles. The Hall–Kier alpha value is -2.08. The number of benzene rings is 1. The van der Waals surface area contributed by atoms with E-state index in [9.17, 15) is 0 Å². The molecule has 0 spiro atoms. The summed E-state index contributed by atoms with van der Waals surface area (Å²) in [5.41, 5.74) is 2.40. The van der Waals surface area contributed by atoms with Crippen LogP contribution in [0.3, 0.4) is 0 Å². The van der Waals surface area contributed by atoms with Crippen LogP contribution in [0.4, 0.5) is 11.1 Å². The zero-order chi connectivity index (χ0) is 15.1. The monoisotopic (exact) mass is 313 g/mol. The third-order valence-electron chi connectivity index (χ3n) is 4.24. The quantitative estimate of drug-likeness (QED) is 0.729. The van der Waals surface area contributed by atoms with E-state index in [0.29, 0.717) is 0 Å². The molecule has 4 rings (SSSR count). The van der Waals surface area contributed by atoms with Gasteiger partial charge in [-0.1, -0.05) is 23.5 Å². The maximum atomic E-state index is 4.85. The van der Waals surface area contributed by atoms with Crippen LogP contribution in [0, 0.1) is 6.92 Å². The lowest BCUT2D eigenvalue weighted by Crippen LogP contribution is -2.47. The highest BCUT2D eigenvalue weighted by Gasteiger charge is 2.22. The maximum absolute atomic E-state index is 4.85. The molecule has 5 nitrogen and oxygen atoms in total. The Morgan fingerprint density at radius 2 is 1.86 bits per heavy atom. The number of thiazole rings is 1. The van der Waals surface area contributed by atoms with Gasteiger partial charge in [0.1, 0.15) is 0 Å². The van der Waals surface area contributed by atoms with Crippen molar-refractivity contribution in [2.24, 2.45) is 7.05 Å². The Morgan fingerprint density at radius 1 is 1.09 bits per heavy atom. The molecule has 6 heteroatoms. The number of anilines is 2. The van der Waals surface area contributed by atoms with Gasteiger partial charge in [0.15, 0.2) is 5.13 Å². The van der Waals surface area contributed by atoms with Crippen LogP contribution in [0.1, 0.15) is 5.56 Å². The number of hydrogen-bond acceptors (Lipinski definition) is 5. The van der Waals surface area contributed by atoms with Crippen molar-refractivity contribution in [3.05, 3.63) is 36.2 Å². The van der Waals surface area contributed by atoms with E-state index >= 15 is 0 Å².